The van der Waals surface area contributed by atoms with E-state index in [0.29, 0.717) is 0 Å². The van der Waals surface area contributed by atoms with Crippen LogP contribution < -0.4 is 10.1 Å². The fraction of sp³-hybridized carbons (Fsp3) is 0.400. The van der Waals surface area contributed by atoms with E-state index in [1.54, 1.807) is 7.11 Å². The van der Waals surface area contributed by atoms with Crippen molar-refractivity contribution in [1.82, 2.24) is 10.3 Å². The fourth-order valence-corrected chi connectivity index (χ4v) is 1.81. The van der Waals surface area contributed by atoms with Gasteiger partial charge in [-0.15, -0.1) is 0 Å². The van der Waals surface area contributed by atoms with E-state index >= 15 is 0 Å². The number of rotatable bonds is 3. The van der Waals surface area contributed by atoms with Crippen molar-refractivity contribution in [3.05, 3.63) is 36.0 Å². The molecule has 2 aromatic rings. The number of nitrogens with one attached hydrogen (secondary N) is 1. The molecule has 2 rings (SSSR count). The first-order chi connectivity index (χ1) is 8.49. The molecule has 0 aliphatic heterocycles. The smallest absolute Gasteiger partial charge is 0.130 e. The second-order valence-corrected chi connectivity index (χ2v) is 5.44. The van der Waals surface area contributed by atoms with E-state index in [1.807, 2.05) is 30.3 Å². The molecule has 0 spiro atoms. The average molecular weight is 244 g/mol. The molecule has 1 heterocycles. The summed E-state index contributed by atoms with van der Waals surface area (Å²) in [6.45, 7) is 7.17. The maximum absolute atomic E-state index is 5.43. The summed E-state index contributed by atoms with van der Waals surface area (Å²) in [5, 5.41) is 4.49. The summed E-state index contributed by atoms with van der Waals surface area (Å²) < 4.78 is 5.43. The van der Waals surface area contributed by atoms with Gasteiger partial charge in [0.1, 0.15) is 5.75 Å². The SMILES string of the molecule is COc1cc(CNC(C)(C)C)nc2ccccc12. The normalized spacial score (nSPS) is 11.8. The number of para-hydroxylation sites is 1. The number of fused-ring (bicyclic) bond motifs is 1. The number of nitrogens with zero attached hydrogens (tertiary/aromatic N) is 1. The highest BCUT2D eigenvalue weighted by Gasteiger charge is 2.11. The van der Waals surface area contributed by atoms with Crippen LogP contribution in [-0.2, 0) is 6.54 Å². The Balaban J connectivity index is 2.35. The van der Waals surface area contributed by atoms with Crippen LogP contribution in [0.3, 0.4) is 0 Å². The molecule has 1 aromatic heterocycles. The minimum atomic E-state index is 0.0839. The summed E-state index contributed by atoms with van der Waals surface area (Å²) in [4.78, 5) is 4.64. The van der Waals surface area contributed by atoms with Crippen LogP contribution in [0.4, 0.5) is 0 Å². The number of ether oxygens (including phenoxy) is 1. The Hall–Kier alpha value is -1.61. The Labute approximate surface area is 108 Å². The van der Waals surface area contributed by atoms with Crippen molar-refractivity contribution in [2.45, 2.75) is 32.9 Å². The highest BCUT2D eigenvalue weighted by Crippen LogP contribution is 2.25. The molecule has 0 atom stereocenters. The van der Waals surface area contributed by atoms with Gasteiger partial charge in [0, 0.05) is 23.5 Å². The van der Waals surface area contributed by atoms with E-state index in [2.05, 4.69) is 31.1 Å². The minimum absolute atomic E-state index is 0.0839. The van der Waals surface area contributed by atoms with Crippen LogP contribution >= 0.6 is 0 Å². The third-order valence-electron chi connectivity index (χ3n) is 2.75. The van der Waals surface area contributed by atoms with Crippen LogP contribution in [-0.4, -0.2) is 17.6 Å². The highest BCUT2D eigenvalue weighted by molar-refractivity contribution is 5.85. The molecule has 0 radical (unpaired) electrons. The van der Waals surface area contributed by atoms with Crippen molar-refractivity contribution < 1.29 is 4.74 Å². The number of benzene rings is 1. The molecule has 1 aromatic carbocycles. The first kappa shape index (κ1) is 12.8. The van der Waals surface area contributed by atoms with Gasteiger partial charge in [0.15, 0.2) is 0 Å². The molecule has 18 heavy (non-hydrogen) atoms. The molecule has 0 aliphatic carbocycles. The van der Waals surface area contributed by atoms with Gasteiger partial charge in [-0.1, -0.05) is 12.1 Å². The van der Waals surface area contributed by atoms with Gasteiger partial charge in [-0.2, -0.15) is 0 Å². The van der Waals surface area contributed by atoms with Crippen LogP contribution in [0.1, 0.15) is 26.5 Å². The maximum atomic E-state index is 5.43. The van der Waals surface area contributed by atoms with Crippen molar-refractivity contribution >= 4 is 10.9 Å². The first-order valence-electron chi connectivity index (χ1n) is 6.17. The molecule has 0 bridgehead atoms. The predicted molar refractivity (Wildman–Crippen MR) is 74.9 cm³/mol. The Bertz CT molecular complexity index is 544. The fourth-order valence-electron chi connectivity index (χ4n) is 1.81. The lowest BCUT2D eigenvalue weighted by molar-refractivity contribution is 0.411. The molecule has 0 aliphatic rings. The van der Waals surface area contributed by atoms with Crippen molar-refractivity contribution in [3.8, 4) is 5.75 Å². The molecule has 0 unspecified atom stereocenters. The van der Waals surface area contributed by atoms with Crippen LogP contribution in [0.5, 0.6) is 5.75 Å². The number of aromatic nitrogens is 1. The molecule has 96 valence electrons. The van der Waals surface area contributed by atoms with Crippen LogP contribution in [0.25, 0.3) is 10.9 Å². The van der Waals surface area contributed by atoms with E-state index in [4.69, 9.17) is 4.74 Å². The lowest BCUT2D eigenvalue weighted by Gasteiger charge is -2.20. The van der Waals surface area contributed by atoms with E-state index in [0.717, 1.165) is 28.9 Å². The summed E-state index contributed by atoms with van der Waals surface area (Å²) in [7, 11) is 1.70. The van der Waals surface area contributed by atoms with Gasteiger partial charge in [-0.3, -0.25) is 4.98 Å². The monoisotopic (exact) mass is 244 g/mol. The van der Waals surface area contributed by atoms with Crippen molar-refractivity contribution in [1.29, 1.82) is 0 Å². The van der Waals surface area contributed by atoms with Crippen LogP contribution in [0.2, 0.25) is 0 Å². The van der Waals surface area contributed by atoms with Gasteiger partial charge in [0.25, 0.3) is 0 Å². The van der Waals surface area contributed by atoms with Crippen molar-refractivity contribution in [2.75, 3.05) is 7.11 Å². The predicted octanol–water partition coefficient (Wildman–Crippen LogP) is 3.13. The Morgan fingerprint density at radius 3 is 2.61 bits per heavy atom. The zero-order chi connectivity index (χ0) is 13.2. The quantitative estimate of drug-likeness (QED) is 0.900. The highest BCUT2D eigenvalue weighted by atomic mass is 16.5. The lowest BCUT2D eigenvalue weighted by atomic mass is 10.1. The minimum Gasteiger partial charge on any atom is -0.496 e. The van der Waals surface area contributed by atoms with Gasteiger partial charge in [0.2, 0.25) is 0 Å². The summed E-state index contributed by atoms with van der Waals surface area (Å²) in [5.41, 5.74) is 2.06. The number of pyridine rings is 1. The summed E-state index contributed by atoms with van der Waals surface area (Å²) in [6.07, 6.45) is 0. The molecule has 1 N–H and O–H groups in total. The van der Waals surface area contributed by atoms with Gasteiger partial charge >= 0.3 is 0 Å². The number of hydrogen-bond acceptors (Lipinski definition) is 3. The van der Waals surface area contributed by atoms with Gasteiger partial charge in [-0.05, 0) is 32.9 Å². The van der Waals surface area contributed by atoms with E-state index in [-0.39, 0.29) is 5.54 Å². The van der Waals surface area contributed by atoms with Crippen LogP contribution in [0, 0.1) is 0 Å². The van der Waals surface area contributed by atoms with Crippen molar-refractivity contribution in [3.63, 3.8) is 0 Å². The second-order valence-electron chi connectivity index (χ2n) is 5.44. The summed E-state index contributed by atoms with van der Waals surface area (Å²) in [5.74, 6) is 0.881. The zero-order valence-electron chi connectivity index (χ0n) is 11.4. The van der Waals surface area contributed by atoms with Gasteiger partial charge < -0.3 is 10.1 Å². The Kier molecular flexibility index (Phi) is 3.53. The Morgan fingerprint density at radius 1 is 1.22 bits per heavy atom. The number of hydrogen-bond donors (Lipinski definition) is 1. The van der Waals surface area contributed by atoms with Gasteiger partial charge in [0.05, 0.1) is 18.3 Å². The largest absolute Gasteiger partial charge is 0.496 e. The lowest BCUT2D eigenvalue weighted by Crippen LogP contribution is -2.35. The molecular formula is C15H20N2O. The van der Waals surface area contributed by atoms with E-state index in [1.165, 1.54) is 0 Å². The second kappa shape index (κ2) is 4.94. The van der Waals surface area contributed by atoms with Crippen LogP contribution in [0.15, 0.2) is 30.3 Å². The molecule has 0 amide bonds. The van der Waals surface area contributed by atoms with E-state index < -0.39 is 0 Å². The first-order valence-corrected chi connectivity index (χ1v) is 6.17. The molecule has 0 fully saturated rings. The maximum Gasteiger partial charge on any atom is 0.130 e. The third kappa shape index (κ3) is 2.99. The van der Waals surface area contributed by atoms with Crippen molar-refractivity contribution in [2.24, 2.45) is 0 Å². The van der Waals surface area contributed by atoms with Gasteiger partial charge in [-0.25, -0.2) is 0 Å². The molecule has 0 saturated heterocycles. The standard InChI is InChI=1S/C15H20N2O/c1-15(2,3)16-10-11-9-14(18-4)12-7-5-6-8-13(12)17-11/h5-9,16H,10H2,1-4H3. The molecule has 3 nitrogen and oxygen atoms in total. The van der Waals surface area contributed by atoms with E-state index in [9.17, 15) is 0 Å². The molecule has 3 heteroatoms. The molecular weight excluding hydrogens is 224 g/mol. The molecule has 0 saturated carbocycles. The topological polar surface area (TPSA) is 34.1 Å². The average Bonchev–Trinajstić information content (AvgIpc) is 2.34. The summed E-state index contributed by atoms with van der Waals surface area (Å²) in [6, 6.07) is 10.0. The Morgan fingerprint density at radius 2 is 1.94 bits per heavy atom. The third-order valence-corrected chi connectivity index (χ3v) is 2.75. The number of methoxy groups -OCH3 is 1. The summed E-state index contributed by atoms with van der Waals surface area (Å²) >= 11 is 0. The zero-order valence-corrected chi connectivity index (χ0v) is 11.4.